The average Bonchev–Trinajstić information content (AvgIpc) is 3.40. The van der Waals surface area contributed by atoms with Gasteiger partial charge in [-0.3, -0.25) is 0 Å². The number of hydrogen-bond acceptors (Lipinski definition) is 1. The molecule has 6 rings (SSSR count). The molecular weight excluding hydrogens is 633 g/mol. The van der Waals surface area contributed by atoms with Crippen LogP contribution in [0.3, 0.4) is 0 Å². The van der Waals surface area contributed by atoms with Gasteiger partial charge in [-0.25, -0.2) is 0 Å². The van der Waals surface area contributed by atoms with E-state index in [9.17, 15) is 4.79 Å². The summed E-state index contributed by atoms with van der Waals surface area (Å²) in [6.07, 6.45) is 0.737. The van der Waals surface area contributed by atoms with Gasteiger partial charge in [0.05, 0.1) is 0 Å². The third kappa shape index (κ3) is 5.44. The number of fused-ring (bicyclic) bond motifs is 3. The minimum absolute atomic E-state index is 0.158. The molecule has 5 aromatic carbocycles. The van der Waals surface area contributed by atoms with Crippen LogP contribution in [-0.2, 0) is 19.1 Å². The van der Waals surface area contributed by atoms with E-state index in [-0.39, 0.29) is 17.7 Å². The Kier molecular flexibility index (Phi) is 8.56. The Labute approximate surface area is 271 Å². The van der Waals surface area contributed by atoms with E-state index < -0.39 is 19.4 Å². The molecule has 0 bridgehead atoms. The number of rotatable bonds is 8. The fourth-order valence-electron chi connectivity index (χ4n) is 7.03. The standard InChI is InChI=1S/C13H19NO.C13H9.C12H11Si.2ClH.Ti/c1-8(2)10-6-5-7-11(9(3)4)12(10)13(14)15;1-3-7-12-10(5-1)9-11-6-2-4-8-13(11)12;1-3-7-11(8-4-1)13-12-9-5-2-6-10-12;;;/h5-9H,1-4H3,(H2,14,15);1-5,7-8H,9H2;1-10,13H;2*1H;/q;;;;;+3/p-3. The molecule has 44 heavy (non-hydrogen) atoms. The van der Waals surface area contributed by atoms with Gasteiger partial charge in [0, 0.05) is 0 Å². The molecule has 0 atom stereocenters. The van der Waals surface area contributed by atoms with Crippen LogP contribution >= 0.6 is 18.6 Å². The van der Waals surface area contributed by atoms with Crippen LogP contribution in [0.2, 0.25) is 0 Å². The third-order valence-electron chi connectivity index (χ3n) is 9.06. The summed E-state index contributed by atoms with van der Waals surface area (Å²) in [6, 6.07) is 41.9. The van der Waals surface area contributed by atoms with Gasteiger partial charge in [0.15, 0.2) is 0 Å². The van der Waals surface area contributed by atoms with Crippen molar-refractivity contribution in [2.45, 2.75) is 46.0 Å². The second kappa shape index (κ2) is 12.1. The Morgan fingerprint density at radius 3 is 1.73 bits per heavy atom. The Morgan fingerprint density at radius 2 is 1.16 bits per heavy atom. The first-order valence-electron chi connectivity index (χ1n) is 15.4. The van der Waals surface area contributed by atoms with E-state index in [0.29, 0.717) is 5.56 Å². The Balaban J connectivity index is 1.65. The maximum absolute atomic E-state index is 15.0. The predicted molar refractivity (Wildman–Crippen MR) is 187 cm³/mol. The molecule has 0 aliphatic heterocycles. The topological polar surface area (TPSA) is 29.1 Å². The van der Waals surface area contributed by atoms with Crippen LogP contribution in [-0.4, -0.2) is 12.6 Å². The number of carbonyl (C=O) groups is 1. The van der Waals surface area contributed by atoms with Crippen molar-refractivity contribution in [3.05, 3.63) is 149 Å². The van der Waals surface area contributed by atoms with Crippen LogP contribution in [0.25, 0.3) is 11.1 Å². The van der Waals surface area contributed by atoms with Gasteiger partial charge in [-0.05, 0) is 0 Å². The molecule has 0 unspecified atom stereocenters. The second-order valence-electron chi connectivity index (χ2n) is 12.6. The SMILES string of the molecule is CC(C)c1cccc(C(C)C)c1C(=O)[NH][Ti]([Cl])([Cl])([c]1cccc2c1Cc1ccccc1-2)[SiH](c1ccccc1)c1ccccc1. The Bertz CT molecular complexity index is 1770. The van der Waals surface area contributed by atoms with Crippen molar-refractivity contribution < 1.29 is 17.5 Å². The van der Waals surface area contributed by atoms with E-state index in [1.54, 1.807) is 0 Å². The molecule has 6 heteroatoms. The molecule has 1 N–H and O–H groups in total. The summed E-state index contributed by atoms with van der Waals surface area (Å²) < 4.78 is 4.53. The van der Waals surface area contributed by atoms with Gasteiger partial charge in [0.25, 0.3) is 0 Å². The van der Waals surface area contributed by atoms with Gasteiger partial charge in [-0.1, -0.05) is 0 Å². The molecule has 0 saturated heterocycles. The summed E-state index contributed by atoms with van der Waals surface area (Å²) >= 11 is -5.34. The minimum atomic E-state index is -5.34. The normalized spacial score (nSPS) is 13.4. The number of benzene rings is 5. The number of amides is 1. The molecule has 2 nitrogen and oxygen atoms in total. The predicted octanol–water partition coefficient (Wildman–Crippen LogP) is 8.01. The van der Waals surface area contributed by atoms with Crippen molar-refractivity contribution in [2.24, 2.45) is 0 Å². The first kappa shape index (κ1) is 31.1. The van der Waals surface area contributed by atoms with Crippen LogP contribution in [0.1, 0.15) is 72.1 Å². The summed E-state index contributed by atoms with van der Waals surface area (Å²) in [5.74, 6) is 0.146. The van der Waals surface area contributed by atoms with Crippen molar-refractivity contribution in [1.82, 2.24) is 3.80 Å². The molecule has 0 spiro atoms. The first-order valence-corrected chi connectivity index (χ1v) is 25.7. The Hall–Kier alpha value is -2.92. The van der Waals surface area contributed by atoms with Crippen LogP contribution < -0.4 is 18.0 Å². The summed E-state index contributed by atoms with van der Waals surface area (Å²) in [5, 5.41) is 2.24. The zero-order chi connectivity index (χ0) is 31.1. The first-order chi connectivity index (χ1) is 21.1. The van der Waals surface area contributed by atoms with Gasteiger partial charge in [-0.15, -0.1) is 0 Å². The molecular formula is C38H38Cl2NOSiTi. The summed E-state index contributed by atoms with van der Waals surface area (Å²) in [5.41, 5.74) is 7.50. The molecule has 1 aliphatic carbocycles. The van der Waals surface area contributed by atoms with Crippen molar-refractivity contribution in [2.75, 3.05) is 0 Å². The zero-order valence-corrected chi connectivity index (χ0v) is 29.9. The van der Waals surface area contributed by atoms with E-state index in [2.05, 4.69) is 141 Å². The fourth-order valence-corrected chi connectivity index (χ4v) is 32.6. The van der Waals surface area contributed by atoms with Crippen LogP contribution in [0, 0.1) is 0 Å². The zero-order valence-electron chi connectivity index (χ0n) is 25.7. The fraction of sp³-hybridized carbons (Fsp3) is 0.184. The van der Waals surface area contributed by atoms with Gasteiger partial charge in [0.1, 0.15) is 0 Å². The molecule has 0 heterocycles. The average molecular weight is 672 g/mol. The van der Waals surface area contributed by atoms with Gasteiger partial charge < -0.3 is 0 Å². The van der Waals surface area contributed by atoms with Crippen molar-refractivity contribution in [3.63, 3.8) is 0 Å². The molecule has 0 radical (unpaired) electrons. The molecule has 0 saturated carbocycles. The molecule has 0 fully saturated rings. The van der Waals surface area contributed by atoms with E-state index in [0.717, 1.165) is 42.9 Å². The Morgan fingerprint density at radius 1 is 0.659 bits per heavy atom. The van der Waals surface area contributed by atoms with Crippen LogP contribution in [0.15, 0.2) is 121 Å². The van der Waals surface area contributed by atoms with Crippen molar-refractivity contribution >= 4 is 45.4 Å². The molecule has 1 aliphatic rings. The van der Waals surface area contributed by atoms with Gasteiger partial charge in [0.2, 0.25) is 0 Å². The number of hydrogen-bond donors (Lipinski definition) is 1. The van der Waals surface area contributed by atoms with E-state index >= 15 is 0 Å². The number of nitrogens with one attached hydrogen (secondary N) is 1. The molecule has 1 amide bonds. The van der Waals surface area contributed by atoms with Gasteiger partial charge in [-0.2, -0.15) is 0 Å². The molecule has 0 aromatic heterocycles. The third-order valence-corrected chi connectivity index (χ3v) is 33.1. The second-order valence-corrected chi connectivity index (χ2v) is 37.1. The van der Waals surface area contributed by atoms with Gasteiger partial charge >= 0.3 is 273 Å². The van der Waals surface area contributed by atoms with E-state index in [1.165, 1.54) is 11.1 Å². The van der Waals surface area contributed by atoms with E-state index in [1.807, 2.05) is 12.1 Å². The number of halogens is 2. The van der Waals surface area contributed by atoms with Crippen molar-refractivity contribution in [3.8, 4) is 11.1 Å². The van der Waals surface area contributed by atoms with E-state index in [4.69, 9.17) is 18.6 Å². The molecule has 223 valence electrons. The molecule has 5 aromatic rings. The maximum atomic E-state index is 15.0. The summed E-state index contributed by atoms with van der Waals surface area (Å²) in [7, 11) is 16.8. The van der Waals surface area contributed by atoms with Crippen LogP contribution in [0.5, 0.6) is 0 Å². The quantitative estimate of drug-likeness (QED) is 0.163. The number of carbonyl (C=O) groups excluding carboxylic acids is 1. The van der Waals surface area contributed by atoms with Crippen LogP contribution in [0.4, 0.5) is 0 Å². The monoisotopic (exact) mass is 670 g/mol. The summed E-state index contributed by atoms with van der Waals surface area (Å²) in [4.78, 5) is 15.0. The van der Waals surface area contributed by atoms with Crippen molar-refractivity contribution in [1.29, 1.82) is 0 Å². The summed E-state index contributed by atoms with van der Waals surface area (Å²) in [6.45, 7) is 6.01.